The number of methoxy groups -OCH3 is 2. The van der Waals surface area contributed by atoms with E-state index in [0.29, 0.717) is 0 Å². The van der Waals surface area contributed by atoms with Crippen LogP contribution < -0.4 is 14.8 Å². The Labute approximate surface area is 104 Å². The van der Waals surface area contributed by atoms with E-state index in [-0.39, 0.29) is 0 Å². The van der Waals surface area contributed by atoms with Crippen molar-refractivity contribution >= 4 is 0 Å². The van der Waals surface area contributed by atoms with E-state index in [1.165, 1.54) is 17.5 Å². The first-order valence-electron chi connectivity index (χ1n) is 6.15. The second-order valence-corrected chi connectivity index (χ2v) is 4.09. The van der Waals surface area contributed by atoms with Crippen LogP contribution in [0.3, 0.4) is 0 Å². The van der Waals surface area contributed by atoms with Gasteiger partial charge < -0.3 is 14.8 Å². The molecule has 1 aromatic rings. The molecule has 0 aliphatic heterocycles. The van der Waals surface area contributed by atoms with Crippen molar-refractivity contribution in [2.75, 3.05) is 27.3 Å². The molecule has 0 aliphatic rings. The van der Waals surface area contributed by atoms with Gasteiger partial charge in [0.05, 0.1) is 14.2 Å². The molecule has 0 bridgehead atoms. The smallest absolute Gasteiger partial charge is 0.163 e. The summed E-state index contributed by atoms with van der Waals surface area (Å²) >= 11 is 0. The van der Waals surface area contributed by atoms with Crippen molar-refractivity contribution in [2.24, 2.45) is 0 Å². The van der Waals surface area contributed by atoms with E-state index in [4.69, 9.17) is 9.47 Å². The van der Waals surface area contributed by atoms with E-state index >= 15 is 0 Å². The normalized spacial score (nSPS) is 10.4. The molecular formula is C14H23NO2. The van der Waals surface area contributed by atoms with Crippen LogP contribution in [0.15, 0.2) is 12.1 Å². The van der Waals surface area contributed by atoms with Crippen LogP contribution in [0.2, 0.25) is 0 Å². The predicted octanol–water partition coefficient (Wildman–Crippen LogP) is 2.55. The Balaban J connectivity index is 2.73. The van der Waals surface area contributed by atoms with Gasteiger partial charge in [0.15, 0.2) is 11.5 Å². The first-order chi connectivity index (χ1) is 8.24. The minimum absolute atomic E-state index is 0.801. The summed E-state index contributed by atoms with van der Waals surface area (Å²) in [6, 6.07) is 4.09. The standard InChI is InChI=1S/C14H23NO2/c1-5-9-15-10-8-12-6-7-13(16-3)14(17-4)11(12)2/h6-7,15H,5,8-10H2,1-4H3. The minimum atomic E-state index is 0.801. The van der Waals surface area contributed by atoms with Crippen molar-refractivity contribution in [3.63, 3.8) is 0 Å². The monoisotopic (exact) mass is 237 g/mol. The highest BCUT2D eigenvalue weighted by molar-refractivity contribution is 5.50. The molecule has 3 nitrogen and oxygen atoms in total. The van der Waals surface area contributed by atoms with Gasteiger partial charge >= 0.3 is 0 Å². The molecule has 0 spiro atoms. The second kappa shape index (κ2) is 7.17. The quantitative estimate of drug-likeness (QED) is 0.739. The largest absolute Gasteiger partial charge is 0.493 e. The highest BCUT2D eigenvalue weighted by Gasteiger charge is 2.10. The van der Waals surface area contributed by atoms with Gasteiger partial charge in [0.2, 0.25) is 0 Å². The highest BCUT2D eigenvalue weighted by atomic mass is 16.5. The Morgan fingerprint density at radius 3 is 2.47 bits per heavy atom. The molecular weight excluding hydrogens is 214 g/mol. The molecule has 0 amide bonds. The maximum atomic E-state index is 5.39. The fraction of sp³-hybridized carbons (Fsp3) is 0.571. The third-order valence-corrected chi connectivity index (χ3v) is 2.90. The van der Waals surface area contributed by atoms with Gasteiger partial charge in [0.1, 0.15) is 0 Å². The van der Waals surface area contributed by atoms with Crippen molar-refractivity contribution < 1.29 is 9.47 Å². The maximum Gasteiger partial charge on any atom is 0.163 e. The number of ether oxygens (including phenoxy) is 2. The first-order valence-corrected chi connectivity index (χ1v) is 6.15. The second-order valence-electron chi connectivity index (χ2n) is 4.09. The van der Waals surface area contributed by atoms with Gasteiger partial charge in [-0.2, -0.15) is 0 Å². The van der Waals surface area contributed by atoms with E-state index < -0.39 is 0 Å². The molecule has 0 saturated carbocycles. The lowest BCUT2D eigenvalue weighted by atomic mass is 10.0. The van der Waals surface area contributed by atoms with Gasteiger partial charge in [-0.1, -0.05) is 13.0 Å². The fourth-order valence-electron chi connectivity index (χ4n) is 1.92. The van der Waals surface area contributed by atoms with E-state index in [1.807, 2.05) is 6.07 Å². The van der Waals surface area contributed by atoms with Gasteiger partial charge in [-0.15, -0.1) is 0 Å². The lowest BCUT2D eigenvalue weighted by Gasteiger charge is -2.14. The summed E-state index contributed by atoms with van der Waals surface area (Å²) in [7, 11) is 3.35. The average Bonchev–Trinajstić information content (AvgIpc) is 2.35. The zero-order valence-corrected chi connectivity index (χ0v) is 11.3. The van der Waals surface area contributed by atoms with Crippen molar-refractivity contribution in [3.8, 4) is 11.5 Å². The summed E-state index contributed by atoms with van der Waals surface area (Å²) in [5, 5.41) is 3.40. The molecule has 1 N–H and O–H groups in total. The van der Waals surface area contributed by atoms with Crippen molar-refractivity contribution in [2.45, 2.75) is 26.7 Å². The first kappa shape index (κ1) is 13.8. The summed E-state index contributed by atoms with van der Waals surface area (Å²) in [5.41, 5.74) is 2.48. The Morgan fingerprint density at radius 1 is 1.12 bits per heavy atom. The predicted molar refractivity (Wildman–Crippen MR) is 71.1 cm³/mol. The summed E-state index contributed by atoms with van der Waals surface area (Å²) in [5.74, 6) is 1.65. The van der Waals surface area contributed by atoms with Gasteiger partial charge in [-0.25, -0.2) is 0 Å². The van der Waals surface area contributed by atoms with E-state index in [2.05, 4.69) is 25.2 Å². The maximum absolute atomic E-state index is 5.39. The minimum Gasteiger partial charge on any atom is -0.493 e. The lowest BCUT2D eigenvalue weighted by molar-refractivity contribution is 0.352. The lowest BCUT2D eigenvalue weighted by Crippen LogP contribution is -2.18. The van der Waals surface area contributed by atoms with Crippen LogP contribution >= 0.6 is 0 Å². The molecule has 0 heterocycles. The zero-order valence-electron chi connectivity index (χ0n) is 11.3. The van der Waals surface area contributed by atoms with Crippen molar-refractivity contribution in [1.82, 2.24) is 5.32 Å². The Hall–Kier alpha value is -1.22. The molecule has 0 saturated heterocycles. The molecule has 0 radical (unpaired) electrons. The summed E-state index contributed by atoms with van der Waals surface area (Å²) in [6.07, 6.45) is 2.19. The van der Waals surface area contributed by atoms with Crippen LogP contribution in [0.1, 0.15) is 24.5 Å². The molecule has 0 aromatic heterocycles. The SMILES string of the molecule is CCCNCCc1ccc(OC)c(OC)c1C. The molecule has 96 valence electrons. The number of hydrogen-bond donors (Lipinski definition) is 1. The molecule has 1 aromatic carbocycles. The highest BCUT2D eigenvalue weighted by Crippen LogP contribution is 2.32. The van der Waals surface area contributed by atoms with Crippen LogP contribution in [0.25, 0.3) is 0 Å². The summed E-state index contributed by atoms with van der Waals surface area (Å²) < 4.78 is 10.7. The topological polar surface area (TPSA) is 30.5 Å². The van der Waals surface area contributed by atoms with Crippen molar-refractivity contribution in [3.05, 3.63) is 23.3 Å². The molecule has 0 aliphatic carbocycles. The summed E-state index contributed by atoms with van der Waals surface area (Å²) in [6.45, 7) is 6.33. The number of benzene rings is 1. The van der Waals surface area contributed by atoms with Gasteiger partial charge in [-0.3, -0.25) is 0 Å². The van der Waals surface area contributed by atoms with Gasteiger partial charge in [0.25, 0.3) is 0 Å². The molecule has 0 atom stereocenters. The van der Waals surface area contributed by atoms with Crippen LogP contribution in [0, 0.1) is 6.92 Å². The van der Waals surface area contributed by atoms with Crippen LogP contribution in [0.4, 0.5) is 0 Å². The molecule has 17 heavy (non-hydrogen) atoms. The van der Waals surface area contributed by atoms with Crippen LogP contribution in [-0.4, -0.2) is 27.3 Å². The Bertz CT molecular complexity index is 350. The molecule has 0 unspecified atom stereocenters. The Morgan fingerprint density at radius 2 is 1.88 bits per heavy atom. The summed E-state index contributed by atoms with van der Waals surface area (Å²) in [4.78, 5) is 0. The van der Waals surface area contributed by atoms with Crippen LogP contribution in [0.5, 0.6) is 11.5 Å². The average molecular weight is 237 g/mol. The third kappa shape index (κ3) is 3.63. The van der Waals surface area contributed by atoms with Gasteiger partial charge in [-0.05, 0) is 50.0 Å². The van der Waals surface area contributed by atoms with E-state index in [1.54, 1.807) is 14.2 Å². The molecule has 1 rings (SSSR count). The number of nitrogens with one attached hydrogen (secondary N) is 1. The third-order valence-electron chi connectivity index (χ3n) is 2.90. The number of hydrogen-bond acceptors (Lipinski definition) is 3. The van der Waals surface area contributed by atoms with E-state index in [9.17, 15) is 0 Å². The Kier molecular flexibility index (Phi) is 5.84. The molecule has 3 heteroatoms. The number of rotatable bonds is 7. The van der Waals surface area contributed by atoms with Gasteiger partial charge in [0, 0.05) is 0 Å². The van der Waals surface area contributed by atoms with Crippen LogP contribution in [-0.2, 0) is 6.42 Å². The zero-order chi connectivity index (χ0) is 12.7. The molecule has 0 fully saturated rings. The fourth-order valence-corrected chi connectivity index (χ4v) is 1.92. The van der Waals surface area contributed by atoms with E-state index in [0.717, 1.165) is 31.0 Å². The van der Waals surface area contributed by atoms with Crippen molar-refractivity contribution in [1.29, 1.82) is 0 Å².